The van der Waals surface area contributed by atoms with Gasteiger partial charge < -0.3 is 5.32 Å². The summed E-state index contributed by atoms with van der Waals surface area (Å²) in [5.41, 5.74) is 2.91. The monoisotopic (exact) mass is 341 g/mol. The minimum absolute atomic E-state index is 0.167. The summed E-state index contributed by atoms with van der Waals surface area (Å²) in [4.78, 5) is 29.5. The van der Waals surface area contributed by atoms with Crippen molar-refractivity contribution in [3.05, 3.63) is 96.3 Å². The van der Waals surface area contributed by atoms with Gasteiger partial charge >= 0.3 is 0 Å². The normalized spacial score (nSPS) is 10.6. The highest BCUT2D eigenvalue weighted by atomic mass is 16.2. The summed E-state index contributed by atoms with van der Waals surface area (Å²) >= 11 is 0. The first-order valence-corrected chi connectivity index (χ1v) is 8.16. The van der Waals surface area contributed by atoms with E-state index in [1.807, 2.05) is 36.4 Å². The third-order valence-corrected chi connectivity index (χ3v) is 4.10. The Hall–Kier alpha value is -3.73. The number of nitrogens with zero attached hydrogens (tertiary/aromatic N) is 2. The molecule has 0 aliphatic carbocycles. The quantitative estimate of drug-likeness (QED) is 0.613. The van der Waals surface area contributed by atoms with E-state index in [2.05, 4.69) is 10.3 Å². The molecular weight excluding hydrogens is 326 g/mol. The molecule has 0 saturated carbocycles. The molecule has 0 fully saturated rings. The molecule has 0 bridgehead atoms. The second-order valence-electron chi connectivity index (χ2n) is 5.78. The first-order valence-electron chi connectivity index (χ1n) is 8.16. The van der Waals surface area contributed by atoms with Gasteiger partial charge in [0.25, 0.3) is 11.8 Å². The summed E-state index contributed by atoms with van der Waals surface area (Å²) in [6.45, 7) is 0. The van der Waals surface area contributed by atoms with Gasteiger partial charge in [0.2, 0.25) is 0 Å². The highest BCUT2D eigenvalue weighted by Gasteiger charge is 2.15. The summed E-state index contributed by atoms with van der Waals surface area (Å²) in [5, 5.41) is 2.87. The Morgan fingerprint density at radius 3 is 2.12 bits per heavy atom. The van der Waals surface area contributed by atoms with Crippen LogP contribution in [0.4, 0.5) is 5.69 Å². The fourth-order valence-electron chi connectivity index (χ4n) is 2.81. The van der Waals surface area contributed by atoms with Gasteiger partial charge in [-0.25, -0.2) is 4.98 Å². The molecule has 4 rings (SSSR count). The van der Waals surface area contributed by atoms with E-state index in [4.69, 9.17) is 0 Å². The van der Waals surface area contributed by atoms with Crippen molar-refractivity contribution in [3.8, 4) is 0 Å². The van der Waals surface area contributed by atoms with Gasteiger partial charge in [-0.15, -0.1) is 0 Å². The second-order valence-corrected chi connectivity index (χ2v) is 5.78. The van der Waals surface area contributed by atoms with Crippen LogP contribution in [0.2, 0.25) is 0 Å². The smallest absolute Gasteiger partial charge is 0.263 e. The van der Waals surface area contributed by atoms with Crippen LogP contribution in [0.25, 0.3) is 11.0 Å². The Morgan fingerprint density at radius 1 is 0.769 bits per heavy atom. The van der Waals surface area contributed by atoms with E-state index in [1.165, 1.54) is 10.9 Å². The van der Waals surface area contributed by atoms with Crippen molar-refractivity contribution in [1.29, 1.82) is 0 Å². The number of aromatic nitrogens is 2. The largest absolute Gasteiger partial charge is 0.320 e. The van der Waals surface area contributed by atoms with Crippen molar-refractivity contribution >= 4 is 28.5 Å². The van der Waals surface area contributed by atoms with E-state index >= 15 is 0 Å². The zero-order chi connectivity index (χ0) is 17.9. The molecule has 1 N–H and O–H groups in total. The first-order chi connectivity index (χ1) is 12.7. The Morgan fingerprint density at radius 2 is 1.42 bits per heavy atom. The molecule has 0 radical (unpaired) electrons. The molecule has 4 aromatic rings. The predicted octanol–water partition coefficient (Wildman–Crippen LogP) is 3.98. The molecule has 0 saturated heterocycles. The Labute approximate surface area is 149 Å². The highest BCUT2D eigenvalue weighted by Crippen LogP contribution is 2.23. The SMILES string of the molecule is O=C(Nc1cccc2c1ncn2C(=O)c1ccccc1)c1ccccc1. The average molecular weight is 341 g/mol. The molecule has 5 nitrogen and oxygen atoms in total. The van der Waals surface area contributed by atoms with Crippen molar-refractivity contribution < 1.29 is 9.59 Å². The first kappa shape index (κ1) is 15.8. The zero-order valence-electron chi connectivity index (χ0n) is 13.8. The van der Waals surface area contributed by atoms with E-state index in [0.29, 0.717) is 27.8 Å². The minimum Gasteiger partial charge on any atom is -0.320 e. The molecular formula is C21H15N3O2. The number of imidazole rings is 1. The van der Waals surface area contributed by atoms with Crippen molar-refractivity contribution in [2.75, 3.05) is 5.32 Å². The zero-order valence-corrected chi connectivity index (χ0v) is 13.8. The van der Waals surface area contributed by atoms with E-state index < -0.39 is 0 Å². The summed E-state index contributed by atoms with van der Waals surface area (Å²) in [6, 6.07) is 23.3. The Bertz CT molecular complexity index is 1090. The maximum Gasteiger partial charge on any atom is 0.263 e. The lowest BCUT2D eigenvalue weighted by Crippen LogP contribution is -2.12. The van der Waals surface area contributed by atoms with Crippen LogP contribution in [0.3, 0.4) is 0 Å². The molecule has 0 aliphatic heterocycles. The Balaban J connectivity index is 1.70. The predicted molar refractivity (Wildman–Crippen MR) is 100 cm³/mol. The number of benzene rings is 3. The summed E-state index contributed by atoms with van der Waals surface area (Å²) in [5.74, 6) is -0.387. The van der Waals surface area contributed by atoms with Gasteiger partial charge in [-0.05, 0) is 36.4 Å². The lowest BCUT2D eigenvalue weighted by molar-refractivity contribution is 0.0963. The number of hydrogen-bond donors (Lipinski definition) is 1. The molecule has 26 heavy (non-hydrogen) atoms. The molecule has 126 valence electrons. The van der Waals surface area contributed by atoms with Crippen LogP contribution in [0.5, 0.6) is 0 Å². The molecule has 5 heteroatoms. The molecule has 0 spiro atoms. The molecule has 1 amide bonds. The fraction of sp³-hybridized carbons (Fsp3) is 0. The number of nitrogens with one attached hydrogen (secondary N) is 1. The third kappa shape index (κ3) is 2.86. The maximum absolute atomic E-state index is 12.7. The van der Waals surface area contributed by atoms with Crippen molar-refractivity contribution in [2.45, 2.75) is 0 Å². The average Bonchev–Trinajstić information content (AvgIpc) is 3.14. The number of fused-ring (bicyclic) bond motifs is 1. The van der Waals surface area contributed by atoms with Crippen molar-refractivity contribution in [1.82, 2.24) is 9.55 Å². The second kappa shape index (κ2) is 6.64. The lowest BCUT2D eigenvalue weighted by atomic mass is 10.2. The van der Waals surface area contributed by atoms with E-state index in [1.54, 1.807) is 42.5 Å². The number of amides is 1. The summed E-state index contributed by atoms with van der Waals surface area (Å²) < 4.78 is 1.49. The fourth-order valence-corrected chi connectivity index (χ4v) is 2.81. The van der Waals surface area contributed by atoms with Crippen LogP contribution in [-0.4, -0.2) is 21.4 Å². The van der Waals surface area contributed by atoms with Gasteiger partial charge in [-0.3, -0.25) is 14.2 Å². The molecule has 1 heterocycles. The van der Waals surface area contributed by atoms with Crippen molar-refractivity contribution in [3.63, 3.8) is 0 Å². The van der Waals surface area contributed by atoms with Gasteiger partial charge in [0.15, 0.2) is 0 Å². The summed E-state index contributed by atoms with van der Waals surface area (Å²) in [6.07, 6.45) is 1.48. The topological polar surface area (TPSA) is 64.0 Å². The molecule has 0 unspecified atom stereocenters. The van der Waals surface area contributed by atoms with Gasteiger partial charge in [-0.2, -0.15) is 0 Å². The van der Waals surface area contributed by atoms with Crippen LogP contribution < -0.4 is 5.32 Å². The minimum atomic E-state index is -0.220. The number of carbonyl (C=O) groups excluding carboxylic acids is 2. The number of rotatable bonds is 3. The molecule has 1 aromatic heterocycles. The highest BCUT2D eigenvalue weighted by molar-refractivity contribution is 6.09. The van der Waals surface area contributed by atoms with Crippen LogP contribution >= 0.6 is 0 Å². The Kier molecular flexibility index (Phi) is 4.03. The van der Waals surface area contributed by atoms with Crippen LogP contribution in [0.1, 0.15) is 20.7 Å². The lowest BCUT2D eigenvalue weighted by Gasteiger charge is -2.07. The van der Waals surface area contributed by atoms with Gasteiger partial charge in [0, 0.05) is 11.1 Å². The third-order valence-electron chi connectivity index (χ3n) is 4.10. The number of hydrogen-bond acceptors (Lipinski definition) is 3. The van der Waals surface area contributed by atoms with E-state index in [-0.39, 0.29) is 11.8 Å². The standard InChI is InChI=1S/C21H15N3O2/c25-20(15-8-3-1-4-9-15)23-17-12-7-13-18-19(17)22-14-24(18)21(26)16-10-5-2-6-11-16/h1-14H,(H,23,25). The van der Waals surface area contributed by atoms with Gasteiger partial charge in [-0.1, -0.05) is 42.5 Å². The van der Waals surface area contributed by atoms with Gasteiger partial charge in [0.1, 0.15) is 11.8 Å². The maximum atomic E-state index is 12.7. The van der Waals surface area contributed by atoms with Crippen molar-refractivity contribution in [2.24, 2.45) is 0 Å². The number of para-hydroxylation sites is 1. The summed E-state index contributed by atoms with van der Waals surface area (Å²) in [7, 11) is 0. The number of carbonyl (C=O) groups is 2. The molecule has 0 aliphatic rings. The van der Waals surface area contributed by atoms with Gasteiger partial charge in [0.05, 0.1) is 11.2 Å². The van der Waals surface area contributed by atoms with E-state index in [9.17, 15) is 9.59 Å². The van der Waals surface area contributed by atoms with Crippen LogP contribution in [0, 0.1) is 0 Å². The van der Waals surface area contributed by atoms with Crippen LogP contribution in [0.15, 0.2) is 85.2 Å². The van der Waals surface area contributed by atoms with Crippen LogP contribution in [-0.2, 0) is 0 Å². The van der Waals surface area contributed by atoms with E-state index in [0.717, 1.165) is 0 Å². The molecule has 3 aromatic carbocycles. The number of anilines is 1. The molecule has 0 atom stereocenters.